The molecule has 0 aliphatic carbocycles. The molecular weight excluding hydrogens is 248 g/mol. The topological polar surface area (TPSA) is 67.7 Å². The van der Waals surface area contributed by atoms with Gasteiger partial charge in [-0.2, -0.15) is 5.10 Å². The van der Waals surface area contributed by atoms with Gasteiger partial charge < -0.3 is 10.6 Å². The second-order valence-corrected chi connectivity index (χ2v) is 4.45. The number of rotatable bonds is 5. The molecule has 6 nitrogen and oxygen atoms in total. The number of anilines is 2. The van der Waals surface area contributed by atoms with E-state index in [0.717, 1.165) is 22.5 Å². The van der Waals surface area contributed by atoms with Crippen LogP contribution in [0.4, 0.5) is 11.6 Å². The Morgan fingerprint density at radius 2 is 2.11 bits per heavy atom. The van der Waals surface area contributed by atoms with Crippen LogP contribution in [-0.2, 0) is 13.6 Å². The van der Waals surface area contributed by atoms with Gasteiger partial charge in [0.25, 0.3) is 0 Å². The van der Waals surface area contributed by atoms with E-state index < -0.39 is 0 Å². The summed E-state index contributed by atoms with van der Waals surface area (Å²) in [4.78, 5) is 8.72. The van der Waals surface area contributed by atoms with Crippen LogP contribution < -0.4 is 10.6 Å². The third-order valence-corrected chi connectivity index (χ3v) is 3.07. The lowest BCUT2D eigenvalue weighted by molar-refractivity contribution is 0.719. The first-order chi connectivity index (χ1) is 8.72. The van der Waals surface area contributed by atoms with Crippen LogP contribution in [0.25, 0.3) is 0 Å². The Hall–Kier alpha value is -1.76. The molecule has 0 fully saturated rings. The molecule has 2 N–H and O–H groups in total. The molecule has 0 spiro atoms. The minimum atomic E-state index is 0.685. The summed E-state index contributed by atoms with van der Waals surface area (Å²) in [6.07, 6.45) is 3.74. The summed E-state index contributed by atoms with van der Waals surface area (Å²) in [5, 5.41) is 11.2. The van der Waals surface area contributed by atoms with Gasteiger partial charge >= 0.3 is 0 Å². The van der Waals surface area contributed by atoms with Gasteiger partial charge in [0.05, 0.1) is 12.2 Å². The fourth-order valence-electron chi connectivity index (χ4n) is 1.49. The van der Waals surface area contributed by atoms with Crippen molar-refractivity contribution in [1.82, 2.24) is 19.7 Å². The summed E-state index contributed by atoms with van der Waals surface area (Å²) in [6, 6.07) is 3.86. The molecule has 2 heterocycles. The highest BCUT2D eigenvalue weighted by Crippen LogP contribution is 2.17. The number of hydrogen-bond donors (Lipinski definition) is 2. The number of aryl methyl sites for hydroxylation is 1. The molecule has 96 valence electrons. The zero-order valence-electron chi connectivity index (χ0n) is 10.6. The van der Waals surface area contributed by atoms with E-state index in [1.54, 1.807) is 6.20 Å². The lowest BCUT2D eigenvalue weighted by atomic mass is 10.4. The van der Waals surface area contributed by atoms with E-state index in [9.17, 15) is 0 Å². The summed E-state index contributed by atoms with van der Waals surface area (Å²) < 4.78 is 1.84. The van der Waals surface area contributed by atoms with Crippen molar-refractivity contribution in [1.29, 1.82) is 0 Å². The van der Waals surface area contributed by atoms with E-state index in [1.807, 2.05) is 37.2 Å². The van der Waals surface area contributed by atoms with Gasteiger partial charge in [-0.3, -0.25) is 4.68 Å². The molecule has 0 aromatic carbocycles. The van der Waals surface area contributed by atoms with Crippen molar-refractivity contribution in [2.24, 2.45) is 7.05 Å². The number of nitrogens with zero attached hydrogens (tertiary/aromatic N) is 4. The van der Waals surface area contributed by atoms with E-state index in [-0.39, 0.29) is 0 Å². The van der Waals surface area contributed by atoms with Crippen molar-refractivity contribution < 1.29 is 0 Å². The SMILES string of the molecule is CNc1cc(NCc2ccnn2C)nc(SC)n1. The number of nitrogens with one attached hydrogen (secondary N) is 2. The first kappa shape index (κ1) is 12.7. The lowest BCUT2D eigenvalue weighted by Crippen LogP contribution is -2.08. The zero-order valence-corrected chi connectivity index (χ0v) is 11.5. The monoisotopic (exact) mass is 264 g/mol. The minimum absolute atomic E-state index is 0.685. The first-order valence-electron chi connectivity index (χ1n) is 5.54. The summed E-state index contributed by atoms with van der Waals surface area (Å²) in [6.45, 7) is 0.685. The van der Waals surface area contributed by atoms with E-state index in [0.29, 0.717) is 6.54 Å². The average molecular weight is 264 g/mol. The molecule has 0 saturated carbocycles. The Labute approximate surface area is 110 Å². The minimum Gasteiger partial charge on any atom is -0.373 e. The molecule has 2 aromatic heterocycles. The van der Waals surface area contributed by atoms with Gasteiger partial charge in [0.2, 0.25) is 0 Å². The van der Waals surface area contributed by atoms with Crippen LogP contribution in [0.1, 0.15) is 5.69 Å². The van der Waals surface area contributed by atoms with Crippen LogP contribution in [-0.4, -0.2) is 33.1 Å². The quantitative estimate of drug-likeness (QED) is 0.631. The van der Waals surface area contributed by atoms with E-state index in [1.165, 1.54) is 11.8 Å². The second kappa shape index (κ2) is 5.72. The van der Waals surface area contributed by atoms with Gasteiger partial charge in [0.15, 0.2) is 5.16 Å². The highest BCUT2D eigenvalue weighted by atomic mass is 32.2. The van der Waals surface area contributed by atoms with Crippen molar-refractivity contribution in [3.05, 3.63) is 24.0 Å². The molecule has 0 aliphatic heterocycles. The fraction of sp³-hybridized carbons (Fsp3) is 0.364. The molecule has 0 aliphatic rings. The molecule has 0 unspecified atom stereocenters. The molecular formula is C11H16N6S. The second-order valence-electron chi connectivity index (χ2n) is 3.67. The number of aromatic nitrogens is 4. The number of thioether (sulfide) groups is 1. The predicted octanol–water partition coefficient (Wildman–Crippen LogP) is 1.59. The van der Waals surface area contributed by atoms with Crippen LogP contribution in [0.15, 0.2) is 23.5 Å². The van der Waals surface area contributed by atoms with Crippen molar-refractivity contribution >= 4 is 23.4 Å². The summed E-state index contributed by atoms with van der Waals surface area (Å²) >= 11 is 1.52. The normalized spacial score (nSPS) is 10.4. The van der Waals surface area contributed by atoms with Crippen LogP contribution in [0.5, 0.6) is 0 Å². The van der Waals surface area contributed by atoms with Crippen molar-refractivity contribution in [3.63, 3.8) is 0 Å². The van der Waals surface area contributed by atoms with Gasteiger partial charge in [-0.05, 0) is 12.3 Å². The third kappa shape index (κ3) is 2.92. The van der Waals surface area contributed by atoms with Crippen LogP contribution in [0, 0.1) is 0 Å². The maximum absolute atomic E-state index is 4.40. The van der Waals surface area contributed by atoms with Crippen molar-refractivity contribution in [3.8, 4) is 0 Å². The van der Waals surface area contributed by atoms with Gasteiger partial charge in [-0.25, -0.2) is 9.97 Å². The highest BCUT2D eigenvalue weighted by Gasteiger charge is 2.04. The van der Waals surface area contributed by atoms with Gasteiger partial charge in [-0.1, -0.05) is 11.8 Å². The zero-order chi connectivity index (χ0) is 13.0. The first-order valence-corrected chi connectivity index (χ1v) is 6.77. The fourth-order valence-corrected chi connectivity index (χ4v) is 1.87. The molecule has 0 bridgehead atoms. The molecule has 0 amide bonds. The predicted molar refractivity (Wildman–Crippen MR) is 73.9 cm³/mol. The van der Waals surface area contributed by atoms with E-state index in [4.69, 9.17) is 0 Å². The Morgan fingerprint density at radius 3 is 2.72 bits per heavy atom. The van der Waals surface area contributed by atoms with Gasteiger partial charge in [0, 0.05) is 26.4 Å². The van der Waals surface area contributed by atoms with E-state index in [2.05, 4.69) is 25.7 Å². The van der Waals surface area contributed by atoms with Crippen LogP contribution in [0.3, 0.4) is 0 Å². The van der Waals surface area contributed by atoms with Crippen LogP contribution in [0.2, 0.25) is 0 Å². The Balaban J connectivity index is 2.11. The number of hydrogen-bond acceptors (Lipinski definition) is 6. The van der Waals surface area contributed by atoms with Crippen LogP contribution >= 0.6 is 11.8 Å². The van der Waals surface area contributed by atoms with E-state index >= 15 is 0 Å². The third-order valence-electron chi connectivity index (χ3n) is 2.52. The van der Waals surface area contributed by atoms with Gasteiger partial charge in [0.1, 0.15) is 11.6 Å². The molecule has 0 atom stereocenters. The lowest BCUT2D eigenvalue weighted by Gasteiger charge is -2.09. The average Bonchev–Trinajstić information content (AvgIpc) is 2.81. The Bertz CT molecular complexity index is 502. The highest BCUT2D eigenvalue weighted by molar-refractivity contribution is 7.98. The summed E-state index contributed by atoms with van der Waals surface area (Å²) in [5.74, 6) is 1.61. The Morgan fingerprint density at radius 1 is 1.33 bits per heavy atom. The maximum Gasteiger partial charge on any atom is 0.191 e. The molecule has 0 radical (unpaired) electrons. The molecule has 0 saturated heterocycles. The standard InChI is InChI=1S/C11H16N6S/c1-12-9-6-10(16-11(15-9)18-3)13-7-8-4-5-14-17(8)2/h4-6H,7H2,1-3H3,(H2,12,13,15,16). The van der Waals surface area contributed by atoms with Gasteiger partial charge in [-0.15, -0.1) is 0 Å². The molecule has 2 aromatic rings. The smallest absolute Gasteiger partial charge is 0.191 e. The molecule has 18 heavy (non-hydrogen) atoms. The molecule has 2 rings (SSSR count). The van der Waals surface area contributed by atoms with Crippen molar-refractivity contribution in [2.75, 3.05) is 23.9 Å². The summed E-state index contributed by atoms with van der Waals surface area (Å²) in [7, 11) is 3.76. The van der Waals surface area contributed by atoms with Crippen molar-refractivity contribution in [2.45, 2.75) is 11.7 Å². The summed E-state index contributed by atoms with van der Waals surface area (Å²) in [5.41, 5.74) is 1.10. The maximum atomic E-state index is 4.40. The largest absolute Gasteiger partial charge is 0.373 e. The molecule has 7 heteroatoms. The Kier molecular flexibility index (Phi) is 4.03.